The van der Waals surface area contributed by atoms with Gasteiger partial charge in [-0.25, -0.2) is 4.98 Å². The Morgan fingerprint density at radius 1 is 1.03 bits per heavy atom. The Morgan fingerprint density at radius 2 is 1.77 bits per heavy atom. The Labute approximate surface area is 207 Å². The fraction of sp³-hybridized carbons (Fsp3) is 0.321. The zero-order valence-electron chi connectivity index (χ0n) is 20.2. The van der Waals surface area contributed by atoms with E-state index in [1.54, 1.807) is 6.20 Å². The number of nitriles is 1. The first-order valence-corrected chi connectivity index (χ1v) is 12.1. The molecule has 0 saturated carbocycles. The van der Waals surface area contributed by atoms with E-state index in [1.807, 2.05) is 66.7 Å². The molecule has 0 radical (unpaired) electrons. The molecule has 4 rings (SSSR count). The van der Waals surface area contributed by atoms with Gasteiger partial charge in [-0.3, -0.25) is 4.79 Å². The van der Waals surface area contributed by atoms with Crippen LogP contribution in [0.4, 0.5) is 11.5 Å². The molecule has 35 heavy (non-hydrogen) atoms. The summed E-state index contributed by atoms with van der Waals surface area (Å²) in [4.78, 5) is 22.4. The summed E-state index contributed by atoms with van der Waals surface area (Å²) in [6.45, 7) is 5.23. The molecule has 7 heteroatoms. The summed E-state index contributed by atoms with van der Waals surface area (Å²) in [5.41, 5.74) is 3.49. The number of piperazine rings is 1. The molecule has 1 saturated heterocycles. The summed E-state index contributed by atoms with van der Waals surface area (Å²) >= 11 is 0. The quantitative estimate of drug-likeness (QED) is 0.469. The Morgan fingerprint density at radius 3 is 2.43 bits per heavy atom. The van der Waals surface area contributed by atoms with E-state index in [4.69, 9.17) is 5.26 Å². The van der Waals surface area contributed by atoms with E-state index in [0.717, 1.165) is 56.1 Å². The lowest BCUT2D eigenvalue weighted by Gasteiger charge is -2.33. The topological polar surface area (TPSA) is 84.3 Å². The molecular weight excluding hydrogens is 436 g/mol. The van der Waals surface area contributed by atoms with Gasteiger partial charge in [-0.05, 0) is 55.4 Å². The number of hydrogen-bond donors (Lipinski definition) is 2. The van der Waals surface area contributed by atoms with Crippen molar-refractivity contribution in [3.63, 3.8) is 0 Å². The van der Waals surface area contributed by atoms with Gasteiger partial charge in [-0.2, -0.15) is 5.26 Å². The minimum absolute atomic E-state index is 0.0591. The number of pyridine rings is 1. The van der Waals surface area contributed by atoms with Crippen molar-refractivity contribution >= 4 is 17.4 Å². The molecule has 1 fully saturated rings. The van der Waals surface area contributed by atoms with Gasteiger partial charge in [-0.1, -0.05) is 42.5 Å². The van der Waals surface area contributed by atoms with E-state index < -0.39 is 0 Å². The number of amides is 1. The predicted octanol–water partition coefficient (Wildman–Crippen LogP) is 3.26. The number of nitrogens with one attached hydrogen (secondary N) is 2. The molecule has 180 valence electrons. The Hall–Kier alpha value is -3.73. The molecule has 7 nitrogen and oxygen atoms in total. The van der Waals surface area contributed by atoms with Crippen LogP contribution in [-0.4, -0.2) is 62.1 Å². The van der Waals surface area contributed by atoms with E-state index in [1.165, 1.54) is 0 Å². The number of carbonyl (C=O) groups is 1. The molecule has 3 aromatic rings. The van der Waals surface area contributed by atoms with Gasteiger partial charge in [0.1, 0.15) is 5.82 Å². The second kappa shape index (κ2) is 12.1. The van der Waals surface area contributed by atoms with Crippen LogP contribution in [-0.2, 0) is 11.2 Å². The van der Waals surface area contributed by atoms with E-state index in [9.17, 15) is 4.79 Å². The molecule has 1 aliphatic heterocycles. The fourth-order valence-electron chi connectivity index (χ4n) is 4.18. The third-order valence-electron chi connectivity index (χ3n) is 6.38. The van der Waals surface area contributed by atoms with Gasteiger partial charge in [0.05, 0.1) is 29.4 Å². The lowest BCUT2D eigenvalue weighted by molar-refractivity contribution is -0.117. The van der Waals surface area contributed by atoms with Crippen molar-refractivity contribution in [1.82, 2.24) is 15.2 Å². The summed E-state index contributed by atoms with van der Waals surface area (Å²) < 4.78 is 0. The van der Waals surface area contributed by atoms with Crippen molar-refractivity contribution in [1.29, 1.82) is 5.26 Å². The van der Waals surface area contributed by atoms with E-state index in [2.05, 4.69) is 38.5 Å². The number of aromatic nitrogens is 1. The van der Waals surface area contributed by atoms with Crippen molar-refractivity contribution < 1.29 is 4.79 Å². The molecule has 1 aromatic heterocycles. The highest BCUT2D eigenvalue weighted by molar-refractivity contribution is 5.96. The number of hydrogen-bond acceptors (Lipinski definition) is 6. The molecule has 2 heterocycles. The van der Waals surface area contributed by atoms with Crippen LogP contribution in [0.3, 0.4) is 0 Å². The second-order valence-electron chi connectivity index (χ2n) is 8.91. The minimum Gasteiger partial charge on any atom is -0.354 e. The van der Waals surface area contributed by atoms with Crippen LogP contribution < -0.4 is 15.5 Å². The smallest absolute Gasteiger partial charge is 0.233 e. The number of likely N-dealkylation sites (N-methyl/N-ethyl adjacent to an activating group) is 1. The van der Waals surface area contributed by atoms with Crippen LogP contribution in [0.2, 0.25) is 0 Å². The second-order valence-corrected chi connectivity index (χ2v) is 8.91. The number of carbonyl (C=O) groups excluding carboxylic acids is 1. The molecule has 1 unspecified atom stereocenters. The summed E-state index contributed by atoms with van der Waals surface area (Å²) in [6, 6.07) is 23.5. The van der Waals surface area contributed by atoms with E-state index in [-0.39, 0.29) is 11.8 Å². The average molecular weight is 469 g/mol. The minimum atomic E-state index is -0.325. The van der Waals surface area contributed by atoms with Gasteiger partial charge < -0.3 is 20.4 Å². The van der Waals surface area contributed by atoms with Gasteiger partial charge in [0.15, 0.2) is 0 Å². The highest BCUT2D eigenvalue weighted by atomic mass is 16.1. The van der Waals surface area contributed by atoms with Crippen LogP contribution in [0, 0.1) is 11.3 Å². The number of nitrogens with zero attached hydrogens (tertiary/aromatic N) is 4. The molecule has 0 aliphatic carbocycles. The summed E-state index contributed by atoms with van der Waals surface area (Å²) in [5.74, 6) is 0.561. The zero-order valence-corrected chi connectivity index (χ0v) is 20.2. The fourth-order valence-corrected chi connectivity index (χ4v) is 4.18. The van der Waals surface area contributed by atoms with Gasteiger partial charge in [0.2, 0.25) is 5.91 Å². The molecule has 1 amide bonds. The maximum Gasteiger partial charge on any atom is 0.233 e. The first-order chi connectivity index (χ1) is 17.1. The van der Waals surface area contributed by atoms with Crippen LogP contribution in [0.1, 0.15) is 22.6 Å². The number of anilines is 2. The first kappa shape index (κ1) is 24.4. The van der Waals surface area contributed by atoms with E-state index >= 15 is 0 Å². The van der Waals surface area contributed by atoms with Gasteiger partial charge in [0, 0.05) is 32.7 Å². The van der Waals surface area contributed by atoms with Crippen molar-refractivity contribution in [2.75, 3.05) is 56.5 Å². The van der Waals surface area contributed by atoms with Crippen LogP contribution in [0.25, 0.3) is 0 Å². The van der Waals surface area contributed by atoms with E-state index in [0.29, 0.717) is 17.8 Å². The Balaban J connectivity index is 1.34. The lowest BCUT2D eigenvalue weighted by atomic mass is 9.98. The lowest BCUT2D eigenvalue weighted by Crippen LogP contribution is -2.44. The van der Waals surface area contributed by atoms with Gasteiger partial charge >= 0.3 is 0 Å². The summed E-state index contributed by atoms with van der Waals surface area (Å²) in [5, 5.41) is 15.4. The SMILES string of the molecule is CN1CCN(c2ccc(NC(=O)C(CNCCc3ccc(C#N)cc3)c3ccccc3)cn2)CC1. The Kier molecular flexibility index (Phi) is 8.44. The summed E-state index contributed by atoms with van der Waals surface area (Å²) in [6.07, 6.45) is 2.57. The third-order valence-corrected chi connectivity index (χ3v) is 6.38. The molecule has 1 aliphatic rings. The van der Waals surface area contributed by atoms with Gasteiger partial charge in [-0.15, -0.1) is 0 Å². The predicted molar refractivity (Wildman–Crippen MR) is 139 cm³/mol. The molecule has 2 aromatic carbocycles. The zero-order chi connectivity index (χ0) is 24.5. The summed E-state index contributed by atoms with van der Waals surface area (Å²) in [7, 11) is 2.13. The molecule has 0 bridgehead atoms. The van der Waals surface area contributed by atoms with Crippen molar-refractivity contribution in [2.45, 2.75) is 12.3 Å². The average Bonchev–Trinajstić information content (AvgIpc) is 2.90. The molecular formula is C28H32N6O. The maximum absolute atomic E-state index is 13.2. The van der Waals surface area contributed by atoms with Crippen LogP contribution >= 0.6 is 0 Å². The molecule has 0 spiro atoms. The van der Waals surface area contributed by atoms with Crippen molar-refractivity contribution in [3.8, 4) is 6.07 Å². The van der Waals surface area contributed by atoms with Gasteiger partial charge in [0.25, 0.3) is 0 Å². The molecule has 1 atom stereocenters. The first-order valence-electron chi connectivity index (χ1n) is 12.1. The normalized spacial score (nSPS) is 14.8. The van der Waals surface area contributed by atoms with Crippen molar-refractivity contribution in [2.24, 2.45) is 0 Å². The van der Waals surface area contributed by atoms with Crippen LogP contribution in [0.15, 0.2) is 72.9 Å². The molecule has 2 N–H and O–H groups in total. The Bertz CT molecular complexity index is 1120. The number of rotatable bonds is 9. The monoisotopic (exact) mass is 468 g/mol. The third kappa shape index (κ3) is 6.89. The largest absolute Gasteiger partial charge is 0.354 e. The highest BCUT2D eigenvalue weighted by Crippen LogP contribution is 2.20. The maximum atomic E-state index is 13.2. The van der Waals surface area contributed by atoms with Crippen LogP contribution in [0.5, 0.6) is 0 Å². The number of benzene rings is 2. The highest BCUT2D eigenvalue weighted by Gasteiger charge is 2.21. The van der Waals surface area contributed by atoms with Crippen molar-refractivity contribution in [3.05, 3.63) is 89.6 Å². The standard InChI is InChI=1S/C28H32N6O/c1-33-15-17-34(18-16-33)27-12-11-25(20-31-27)32-28(35)26(24-5-3-2-4-6-24)21-30-14-13-22-7-9-23(19-29)10-8-22/h2-12,20,26,30H,13-18,21H2,1H3,(H,32,35).